The Morgan fingerprint density at radius 2 is 1.97 bits per heavy atom. The summed E-state index contributed by atoms with van der Waals surface area (Å²) in [5, 5.41) is 13.7. The molecule has 7 nitrogen and oxygen atoms in total. The van der Waals surface area contributed by atoms with E-state index >= 15 is 0 Å². The van der Waals surface area contributed by atoms with Crippen LogP contribution in [0, 0.1) is 11.2 Å². The first kappa shape index (κ1) is 19.3. The molecule has 0 aliphatic heterocycles. The number of allylic oxidation sites excluding steroid dienone is 1. The third-order valence-electron chi connectivity index (χ3n) is 4.62. The molecule has 0 fully saturated rings. The summed E-state index contributed by atoms with van der Waals surface area (Å²) in [7, 11) is 1.81. The smallest absolute Gasteiger partial charge is 0.140 e. The summed E-state index contributed by atoms with van der Waals surface area (Å²) in [6, 6.07) is 12.6. The van der Waals surface area contributed by atoms with Crippen LogP contribution in [0.3, 0.4) is 0 Å². The molecule has 0 unspecified atom stereocenters. The van der Waals surface area contributed by atoms with Crippen molar-refractivity contribution in [1.29, 1.82) is 5.41 Å². The Labute approximate surface area is 172 Å². The van der Waals surface area contributed by atoms with Gasteiger partial charge in [-0.05, 0) is 17.2 Å². The third-order valence-corrected chi connectivity index (χ3v) is 4.62. The number of aromatic nitrogens is 4. The predicted octanol–water partition coefficient (Wildman–Crippen LogP) is 3.75. The maximum atomic E-state index is 13.4. The number of imidazole rings is 1. The minimum Gasteiger partial charge on any atom is -0.393 e. The minimum absolute atomic E-state index is 0.329. The van der Waals surface area contributed by atoms with Gasteiger partial charge in [0.2, 0.25) is 0 Å². The summed E-state index contributed by atoms with van der Waals surface area (Å²) in [5.41, 5.74) is 4.83. The van der Waals surface area contributed by atoms with Gasteiger partial charge in [0.25, 0.3) is 0 Å². The second-order valence-electron chi connectivity index (χ2n) is 6.59. The molecule has 0 bridgehead atoms. The van der Waals surface area contributed by atoms with Crippen LogP contribution in [0.25, 0.3) is 22.6 Å². The Morgan fingerprint density at radius 3 is 2.73 bits per heavy atom. The SMILES string of the molecule is CN/C=C(\C=N)c1ccc(CNc2cc(-c3cnc4cc(F)ccn34)ncn2)cc1. The van der Waals surface area contributed by atoms with E-state index < -0.39 is 0 Å². The van der Waals surface area contributed by atoms with Crippen LogP contribution >= 0.6 is 0 Å². The second-order valence-corrected chi connectivity index (χ2v) is 6.59. The second kappa shape index (κ2) is 8.52. The lowest BCUT2D eigenvalue weighted by molar-refractivity contribution is 0.626. The van der Waals surface area contributed by atoms with Gasteiger partial charge in [-0.2, -0.15) is 0 Å². The number of benzene rings is 1. The highest BCUT2D eigenvalue weighted by Gasteiger charge is 2.09. The maximum Gasteiger partial charge on any atom is 0.140 e. The Hall–Kier alpha value is -4.07. The Kier molecular flexibility index (Phi) is 5.47. The van der Waals surface area contributed by atoms with Crippen molar-refractivity contribution < 1.29 is 4.39 Å². The van der Waals surface area contributed by atoms with Crippen molar-refractivity contribution in [3.05, 3.63) is 84.3 Å². The fourth-order valence-corrected chi connectivity index (χ4v) is 3.11. The predicted molar refractivity (Wildman–Crippen MR) is 116 cm³/mol. The minimum atomic E-state index is -0.329. The first-order valence-electron chi connectivity index (χ1n) is 9.34. The van der Waals surface area contributed by atoms with Gasteiger partial charge in [-0.1, -0.05) is 24.3 Å². The van der Waals surface area contributed by atoms with Gasteiger partial charge in [-0.15, -0.1) is 0 Å². The maximum absolute atomic E-state index is 13.4. The summed E-state index contributed by atoms with van der Waals surface area (Å²) in [6.45, 7) is 0.588. The summed E-state index contributed by atoms with van der Waals surface area (Å²) in [6.07, 6.45) is 7.90. The van der Waals surface area contributed by atoms with E-state index in [1.165, 1.54) is 24.7 Å². The highest BCUT2D eigenvalue weighted by molar-refractivity contribution is 6.08. The molecule has 4 aromatic rings. The van der Waals surface area contributed by atoms with Crippen LogP contribution in [-0.4, -0.2) is 32.6 Å². The van der Waals surface area contributed by atoms with E-state index in [-0.39, 0.29) is 5.82 Å². The summed E-state index contributed by atoms with van der Waals surface area (Å²) in [5.74, 6) is 0.348. The van der Waals surface area contributed by atoms with E-state index in [1.54, 1.807) is 23.0 Å². The summed E-state index contributed by atoms with van der Waals surface area (Å²) in [4.78, 5) is 12.8. The molecule has 0 saturated heterocycles. The molecule has 0 aliphatic carbocycles. The van der Waals surface area contributed by atoms with Gasteiger partial charge in [0.1, 0.15) is 23.6 Å². The molecular weight excluding hydrogens is 381 g/mol. The molecule has 0 amide bonds. The van der Waals surface area contributed by atoms with E-state index in [9.17, 15) is 4.39 Å². The monoisotopic (exact) mass is 401 g/mol. The number of nitrogens with zero attached hydrogens (tertiary/aromatic N) is 4. The molecule has 4 rings (SSSR count). The molecule has 0 saturated carbocycles. The molecule has 3 aromatic heterocycles. The van der Waals surface area contributed by atoms with Crippen LogP contribution in [0.2, 0.25) is 0 Å². The average Bonchev–Trinajstić information content (AvgIpc) is 3.20. The van der Waals surface area contributed by atoms with Crippen molar-refractivity contribution >= 4 is 23.3 Å². The largest absolute Gasteiger partial charge is 0.393 e. The fourth-order valence-electron chi connectivity index (χ4n) is 3.11. The molecule has 1 aromatic carbocycles. The molecule has 8 heteroatoms. The summed E-state index contributed by atoms with van der Waals surface area (Å²) < 4.78 is 15.2. The Bertz CT molecular complexity index is 1210. The van der Waals surface area contributed by atoms with E-state index in [0.29, 0.717) is 23.7 Å². The highest BCUT2D eigenvalue weighted by atomic mass is 19.1. The first-order chi connectivity index (χ1) is 14.7. The zero-order valence-corrected chi connectivity index (χ0v) is 16.3. The number of nitrogens with one attached hydrogen (secondary N) is 3. The van der Waals surface area contributed by atoms with Gasteiger partial charge in [0.05, 0.1) is 17.6 Å². The van der Waals surface area contributed by atoms with Gasteiger partial charge in [-0.3, -0.25) is 4.40 Å². The van der Waals surface area contributed by atoms with Crippen molar-refractivity contribution in [2.24, 2.45) is 0 Å². The lowest BCUT2D eigenvalue weighted by atomic mass is 10.1. The van der Waals surface area contributed by atoms with Crippen LogP contribution in [0.15, 0.2) is 67.4 Å². The van der Waals surface area contributed by atoms with Gasteiger partial charge in [0, 0.05) is 49.9 Å². The number of rotatable bonds is 7. The molecule has 0 spiro atoms. The summed E-state index contributed by atoms with van der Waals surface area (Å²) >= 11 is 0. The van der Waals surface area contributed by atoms with Crippen LogP contribution in [0.5, 0.6) is 0 Å². The van der Waals surface area contributed by atoms with Crippen molar-refractivity contribution in [2.75, 3.05) is 12.4 Å². The fraction of sp³-hybridized carbons (Fsp3) is 0.0909. The van der Waals surface area contributed by atoms with E-state index in [4.69, 9.17) is 5.41 Å². The molecule has 3 N–H and O–H groups in total. The number of pyridine rings is 1. The van der Waals surface area contributed by atoms with Gasteiger partial charge in [-0.25, -0.2) is 19.3 Å². The van der Waals surface area contributed by atoms with Crippen molar-refractivity contribution in [1.82, 2.24) is 24.7 Å². The molecule has 0 aliphatic rings. The van der Waals surface area contributed by atoms with Gasteiger partial charge >= 0.3 is 0 Å². The van der Waals surface area contributed by atoms with E-state index in [0.717, 1.165) is 22.4 Å². The molecular formula is C22H20FN7. The highest BCUT2D eigenvalue weighted by Crippen LogP contribution is 2.21. The van der Waals surface area contributed by atoms with Crippen molar-refractivity contribution in [2.45, 2.75) is 6.54 Å². The quantitative estimate of drug-likeness (QED) is 0.410. The number of anilines is 1. The topological polar surface area (TPSA) is 91.0 Å². The average molecular weight is 401 g/mol. The van der Waals surface area contributed by atoms with Crippen LogP contribution in [0.4, 0.5) is 10.2 Å². The zero-order chi connectivity index (χ0) is 20.9. The van der Waals surface area contributed by atoms with Crippen LogP contribution < -0.4 is 10.6 Å². The molecule has 150 valence electrons. The van der Waals surface area contributed by atoms with E-state index in [2.05, 4.69) is 25.6 Å². The molecule has 0 atom stereocenters. The van der Waals surface area contributed by atoms with E-state index in [1.807, 2.05) is 37.4 Å². The van der Waals surface area contributed by atoms with Crippen LogP contribution in [0.1, 0.15) is 11.1 Å². The van der Waals surface area contributed by atoms with Crippen LogP contribution in [-0.2, 0) is 6.54 Å². The standard InChI is InChI=1S/C22H20FN7/c1-25-12-17(10-24)16-4-2-15(3-5-16)11-26-21-9-19(28-14-29-21)20-13-27-22-8-18(23)6-7-30(20)22/h2-10,12-14,24-25H,11H2,1H3,(H,26,28,29)/b17-12+,24-10?. The molecule has 0 radical (unpaired) electrons. The lowest BCUT2D eigenvalue weighted by Crippen LogP contribution is -2.03. The van der Waals surface area contributed by atoms with Crippen molar-refractivity contribution in [3.8, 4) is 11.4 Å². The zero-order valence-electron chi connectivity index (χ0n) is 16.3. The third kappa shape index (κ3) is 4.02. The Balaban J connectivity index is 1.50. The van der Waals surface area contributed by atoms with Crippen molar-refractivity contribution in [3.63, 3.8) is 0 Å². The number of fused-ring (bicyclic) bond motifs is 1. The first-order valence-corrected chi connectivity index (χ1v) is 9.34. The normalized spacial score (nSPS) is 11.5. The van der Waals surface area contributed by atoms with Gasteiger partial charge in [0.15, 0.2) is 0 Å². The number of hydrogen-bond acceptors (Lipinski definition) is 6. The molecule has 30 heavy (non-hydrogen) atoms. The van der Waals surface area contributed by atoms with Gasteiger partial charge < -0.3 is 16.0 Å². The Morgan fingerprint density at radius 1 is 1.13 bits per heavy atom. The number of halogens is 1. The number of hydrogen-bond donors (Lipinski definition) is 3. The lowest BCUT2D eigenvalue weighted by Gasteiger charge is -2.08. The molecule has 3 heterocycles.